The summed E-state index contributed by atoms with van der Waals surface area (Å²) in [6.45, 7) is 0.865. The van der Waals surface area contributed by atoms with E-state index in [0.29, 0.717) is 5.75 Å². The molecule has 0 radical (unpaired) electrons. The van der Waals surface area contributed by atoms with E-state index in [0.717, 1.165) is 30.1 Å². The SMILES string of the molecule is O=C(CSc1ncc2ccccn12)N1CCCC1c1cccs1. The number of likely N-dealkylation sites (tertiary alicyclic amines) is 1. The molecule has 118 valence electrons. The predicted octanol–water partition coefficient (Wildman–Crippen LogP) is 3.85. The van der Waals surface area contributed by atoms with E-state index in [1.54, 1.807) is 11.3 Å². The number of nitrogens with zero attached hydrogens (tertiary/aromatic N) is 3. The lowest BCUT2D eigenvalue weighted by Gasteiger charge is -2.23. The van der Waals surface area contributed by atoms with Gasteiger partial charge in [-0.3, -0.25) is 9.20 Å². The van der Waals surface area contributed by atoms with Crippen molar-refractivity contribution in [3.05, 3.63) is 53.0 Å². The van der Waals surface area contributed by atoms with Gasteiger partial charge in [-0.15, -0.1) is 11.3 Å². The lowest BCUT2D eigenvalue weighted by molar-refractivity contribution is -0.129. The number of hydrogen-bond donors (Lipinski definition) is 0. The second-order valence-corrected chi connectivity index (χ2v) is 7.51. The molecule has 1 amide bonds. The first kappa shape index (κ1) is 14.8. The first-order valence-electron chi connectivity index (χ1n) is 7.71. The van der Waals surface area contributed by atoms with Crippen molar-refractivity contribution in [1.82, 2.24) is 14.3 Å². The van der Waals surface area contributed by atoms with Gasteiger partial charge >= 0.3 is 0 Å². The van der Waals surface area contributed by atoms with Crippen LogP contribution in [0.2, 0.25) is 0 Å². The maximum absolute atomic E-state index is 12.7. The number of carbonyl (C=O) groups excluding carboxylic acids is 1. The van der Waals surface area contributed by atoms with Crippen LogP contribution in [0.4, 0.5) is 0 Å². The topological polar surface area (TPSA) is 37.6 Å². The number of carbonyl (C=O) groups is 1. The van der Waals surface area contributed by atoms with E-state index in [2.05, 4.69) is 22.5 Å². The smallest absolute Gasteiger partial charge is 0.233 e. The quantitative estimate of drug-likeness (QED) is 0.675. The number of fused-ring (bicyclic) bond motifs is 1. The van der Waals surface area contributed by atoms with Gasteiger partial charge in [0.05, 0.1) is 23.5 Å². The number of amides is 1. The van der Waals surface area contributed by atoms with Crippen LogP contribution in [0.25, 0.3) is 5.52 Å². The lowest BCUT2D eigenvalue weighted by Crippen LogP contribution is -2.31. The van der Waals surface area contributed by atoms with Crippen LogP contribution in [0.1, 0.15) is 23.8 Å². The summed E-state index contributed by atoms with van der Waals surface area (Å²) < 4.78 is 2.03. The van der Waals surface area contributed by atoms with Gasteiger partial charge in [-0.25, -0.2) is 4.98 Å². The van der Waals surface area contributed by atoms with Gasteiger partial charge in [0.25, 0.3) is 0 Å². The average Bonchev–Trinajstić information content (AvgIpc) is 3.31. The van der Waals surface area contributed by atoms with Crippen molar-refractivity contribution < 1.29 is 4.79 Å². The number of pyridine rings is 1. The third kappa shape index (κ3) is 2.88. The molecule has 4 rings (SSSR count). The van der Waals surface area contributed by atoms with Gasteiger partial charge in [0.2, 0.25) is 5.91 Å². The molecule has 4 nitrogen and oxygen atoms in total. The highest BCUT2D eigenvalue weighted by Crippen LogP contribution is 2.35. The molecule has 23 heavy (non-hydrogen) atoms. The van der Waals surface area contributed by atoms with Gasteiger partial charge < -0.3 is 4.90 Å². The van der Waals surface area contributed by atoms with E-state index in [9.17, 15) is 4.79 Å². The second kappa shape index (κ2) is 6.37. The first-order chi connectivity index (χ1) is 11.3. The zero-order chi connectivity index (χ0) is 15.6. The van der Waals surface area contributed by atoms with E-state index in [1.807, 2.05) is 39.9 Å². The van der Waals surface area contributed by atoms with Gasteiger partial charge in [-0.1, -0.05) is 23.9 Å². The molecule has 1 aliphatic heterocycles. The summed E-state index contributed by atoms with van der Waals surface area (Å²) in [4.78, 5) is 20.4. The molecular formula is C17H17N3OS2. The van der Waals surface area contributed by atoms with E-state index in [4.69, 9.17) is 0 Å². The van der Waals surface area contributed by atoms with Crippen LogP contribution in [0.5, 0.6) is 0 Å². The van der Waals surface area contributed by atoms with Crippen molar-refractivity contribution in [2.75, 3.05) is 12.3 Å². The minimum Gasteiger partial charge on any atom is -0.334 e. The molecule has 0 N–H and O–H groups in total. The molecule has 1 aliphatic rings. The van der Waals surface area contributed by atoms with Crippen molar-refractivity contribution in [2.24, 2.45) is 0 Å². The Morgan fingerprint density at radius 1 is 1.35 bits per heavy atom. The number of hydrogen-bond acceptors (Lipinski definition) is 4. The Morgan fingerprint density at radius 3 is 3.17 bits per heavy atom. The molecule has 3 aromatic rings. The van der Waals surface area contributed by atoms with E-state index < -0.39 is 0 Å². The Balaban J connectivity index is 1.45. The number of rotatable bonds is 4. The summed E-state index contributed by atoms with van der Waals surface area (Å²) in [6.07, 6.45) is 5.99. The normalized spacial score (nSPS) is 17.9. The van der Waals surface area contributed by atoms with Crippen LogP contribution in [-0.2, 0) is 4.79 Å². The Hall–Kier alpha value is -1.79. The van der Waals surface area contributed by atoms with E-state index in [-0.39, 0.29) is 11.9 Å². The van der Waals surface area contributed by atoms with Crippen LogP contribution in [0.15, 0.2) is 53.3 Å². The fraction of sp³-hybridized carbons (Fsp3) is 0.294. The van der Waals surface area contributed by atoms with Gasteiger partial charge in [0.1, 0.15) is 0 Å². The van der Waals surface area contributed by atoms with E-state index >= 15 is 0 Å². The number of imidazole rings is 1. The molecule has 0 aromatic carbocycles. The number of aromatic nitrogens is 2. The zero-order valence-corrected chi connectivity index (χ0v) is 14.2. The molecule has 3 aromatic heterocycles. The average molecular weight is 343 g/mol. The third-order valence-corrected chi connectivity index (χ3v) is 6.10. The molecule has 0 saturated carbocycles. The van der Waals surface area contributed by atoms with Crippen LogP contribution < -0.4 is 0 Å². The minimum absolute atomic E-state index is 0.207. The van der Waals surface area contributed by atoms with Gasteiger partial charge in [-0.2, -0.15) is 0 Å². The molecule has 1 fully saturated rings. The summed E-state index contributed by atoms with van der Waals surface area (Å²) in [5, 5.41) is 2.96. The van der Waals surface area contributed by atoms with Crippen molar-refractivity contribution in [3.63, 3.8) is 0 Å². The first-order valence-corrected chi connectivity index (χ1v) is 9.57. The van der Waals surface area contributed by atoms with Crippen molar-refractivity contribution in [2.45, 2.75) is 24.0 Å². The number of thiophene rings is 1. The molecule has 1 atom stereocenters. The van der Waals surface area contributed by atoms with Crippen molar-refractivity contribution in [3.8, 4) is 0 Å². The fourth-order valence-corrected chi connectivity index (χ4v) is 4.80. The van der Waals surface area contributed by atoms with Gasteiger partial charge in [-0.05, 0) is 36.4 Å². The fourth-order valence-electron chi connectivity index (χ4n) is 3.08. The Labute approximate surface area is 143 Å². The largest absolute Gasteiger partial charge is 0.334 e. The molecule has 4 heterocycles. The van der Waals surface area contributed by atoms with Crippen molar-refractivity contribution >= 4 is 34.5 Å². The Kier molecular flexibility index (Phi) is 4.10. The molecular weight excluding hydrogens is 326 g/mol. The zero-order valence-electron chi connectivity index (χ0n) is 12.6. The third-order valence-electron chi connectivity index (χ3n) is 4.17. The molecule has 1 saturated heterocycles. The van der Waals surface area contributed by atoms with Gasteiger partial charge in [0, 0.05) is 17.6 Å². The molecule has 0 spiro atoms. The highest BCUT2D eigenvalue weighted by atomic mass is 32.2. The number of thioether (sulfide) groups is 1. The summed E-state index contributed by atoms with van der Waals surface area (Å²) in [5.41, 5.74) is 1.06. The highest BCUT2D eigenvalue weighted by Gasteiger charge is 2.30. The summed E-state index contributed by atoms with van der Waals surface area (Å²) >= 11 is 3.26. The standard InChI is InChI=1S/C17H17N3OS2/c21-16(20-9-3-6-14(20)15-7-4-10-22-15)12-23-17-18-11-13-5-1-2-8-19(13)17/h1-2,4-5,7-8,10-11,14H,3,6,9,12H2. The van der Waals surface area contributed by atoms with Crippen LogP contribution in [0, 0.1) is 0 Å². The van der Waals surface area contributed by atoms with Gasteiger partial charge in [0.15, 0.2) is 5.16 Å². The van der Waals surface area contributed by atoms with Crippen LogP contribution >= 0.6 is 23.1 Å². The maximum atomic E-state index is 12.7. The lowest BCUT2D eigenvalue weighted by atomic mass is 10.2. The molecule has 1 unspecified atom stereocenters. The summed E-state index contributed by atoms with van der Waals surface area (Å²) in [6, 6.07) is 10.5. The highest BCUT2D eigenvalue weighted by molar-refractivity contribution is 7.99. The molecule has 6 heteroatoms. The Morgan fingerprint density at radius 2 is 2.30 bits per heavy atom. The predicted molar refractivity (Wildman–Crippen MR) is 93.9 cm³/mol. The summed E-state index contributed by atoms with van der Waals surface area (Å²) in [5.74, 6) is 0.647. The molecule has 0 bridgehead atoms. The van der Waals surface area contributed by atoms with Crippen LogP contribution in [-0.4, -0.2) is 32.5 Å². The summed E-state index contributed by atoms with van der Waals surface area (Å²) in [7, 11) is 0. The van der Waals surface area contributed by atoms with Crippen LogP contribution in [0.3, 0.4) is 0 Å². The van der Waals surface area contributed by atoms with Crippen molar-refractivity contribution in [1.29, 1.82) is 0 Å². The maximum Gasteiger partial charge on any atom is 0.233 e. The monoisotopic (exact) mass is 343 g/mol. The molecule has 0 aliphatic carbocycles. The Bertz CT molecular complexity index is 812. The second-order valence-electron chi connectivity index (χ2n) is 5.59. The van der Waals surface area contributed by atoms with E-state index in [1.165, 1.54) is 16.6 Å². The minimum atomic E-state index is 0.207.